The van der Waals surface area contributed by atoms with Crippen LogP contribution in [-0.2, 0) is 20.5 Å². The number of methoxy groups -OCH3 is 1. The van der Waals surface area contributed by atoms with Crippen molar-refractivity contribution in [2.75, 3.05) is 30.0 Å². The number of alkyl halides is 3. The standard InChI is InChI=1S/C23H23F3N2O4/c1-13(2)20-21(29)28(18-8-7-15(23(24,25)26)9-19(18)32-20)17-6-4-5-16(10-17)27-11-14(12-27)22(30)31-3/h4-10,13-14,20H,11-12H2,1-3H3. The van der Waals surface area contributed by atoms with E-state index in [1.807, 2.05) is 11.0 Å². The third-order valence-corrected chi connectivity index (χ3v) is 5.72. The van der Waals surface area contributed by atoms with Crippen LogP contribution in [0.15, 0.2) is 42.5 Å². The molecule has 2 aromatic rings. The zero-order valence-corrected chi connectivity index (χ0v) is 17.8. The van der Waals surface area contributed by atoms with Gasteiger partial charge in [-0.2, -0.15) is 13.2 Å². The molecule has 1 saturated heterocycles. The molecule has 9 heteroatoms. The van der Waals surface area contributed by atoms with Gasteiger partial charge in [0.1, 0.15) is 5.75 Å². The molecule has 0 aliphatic carbocycles. The van der Waals surface area contributed by atoms with Gasteiger partial charge in [-0.3, -0.25) is 14.5 Å². The average molecular weight is 448 g/mol. The average Bonchev–Trinajstić information content (AvgIpc) is 2.71. The Bertz CT molecular complexity index is 1050. The Balaban J connectivity index is 1.70. The molecule has 4 rings (SSSR count). The molecule has 6 nitrogen and oxygen atoms in total. The maximum Gasteiger partial charge on any atom is 0.416 e. The van der Waals surface area contributed by atoms with Crippen LogP contribution in [0.5, 0.6) is 5.75 Å². The number of fused-ring (bicyclic) bond motifs is 1. The number of nitrogens with zero attached hydrogens (tertiary/aromatic N) is 2. The number of rotatable bonds is 4. The predicted octanol–water partition coefficient (Wildman–Crippen LogP) is 4.40. The molecule has 1 unspecified atom stereocenters. The second kappa shape index (κ2) is 8.03. The fourth-order valence-electron chi connectivity index (χ4n) is 3.92. The summed E-state index contributed by atoms with van der Waals surface area (Å²) in [5.41, 5.74) is 0.741. The molecule has 0 aromatic heterocycles. The molecule has 2 aliphatic heterocycles. The van der Waals surface area contributed by atoms with Crippen molar-refractivity contribution in [3.8, 4) is 5.75 Å². The predicted molar refractivity (Wildman–Crippen MR) is 112 cm³/mol. The van der Waals surface area contributed by atoms with Crippen molar-refractivity contribution in [2.45, 2.75) is 26.1 Å². The van der Waals surface area contributed by atoms with E-state index in [1.165, 1.54) is 18.1 Å². The van der Waals surface area contributed by atoms with E-state index in [0.29, 0.717) is 18.8 Å². The van der Waals surface area contributed by atoms with Crippen LogP contribution >= 0.6 is 0 Å². The van der Waals surface area contributed by atoms with E-state index in [4.69, 9.17) is 9.47 Å². The summed E-state index contributed by atoms with van der Waals surface area (Å²) >= 11 is 0. The molecule has 0 radical (unpaired) electrons. The minimum absolute atomic E-state index is 0.0123. The van der Waals surface area contributed by atoms with E-state index in [9.17, 15) is 22.8 Å². The highest BCUT2D eigenvalue weighted by Crippen LogP contribution is 2.44. The largest absolute Gasteiger partial charge is 0.478 e. The number of amides is 1. The summed E-state index contributed by atoms with van der Waals surface area (Å²) in [5.74, 6) is -1.05. The Hall–Kier alpha value is -3.23. The molecular weight excluding hydrogens is 425 g/mol. The molecule has 1 atom stereocenters. The number of anilines is 3. The van der Waals surface area contributed by atoms with Crippen molar-refractivity contribution in [3.05, 3.63) is 48.0 Å². The zero-order valence-electron chi connectivity index (χ0n) is 17.8. The van der Waals surface area contributed by atoms with Gasteiger partial charge in [0.15, 0.2) is 6.10 Å². The van der Waals surface area contributed by atoms with Crippen molar-refractivity contribution in [1.29, 1.82) is 0 Å². The molecule has 0 spiro atoms. The second-order valence-electron chi connectivity index (χ2n) is 8.28. The molecule has 2 aromatic carbocycles. The van der Waals surface area contributed by atoms with Crippen molar-refractivity contribution < 1.29 is 32.2 Å². The van der Waals surface area contributed by atoms with Gasteiger partial charge < -0.3 is 14.4 Å². The van der Waals surface area contributed by atoms with Crippen LogP contribution in [-0.4, -0.2) is 38.2 Å². The molecule has 2 heterocycles. The van der Waals surface area contributed by atoms with Gasteiger partial charge in [-0.1, -0.05) is 19.9 Å². The summed E-state index contributed by atoms with van der Waals surface area (Å²) in [6, 6.07) is 10.3. The second-order valence-corrected chi connectivity index (χ2v) is 8.28. The fraction of sp³-hybridized carbons (Fsp3) is 0.391. The van der Waals surface area contributed by atoms with Crippen LogP contribution < -0.4 is 14.5 Å². The number of carbonyl (C=O) groups excluding carboxylic acids is 2. The summed E-state index contributed by atoms with van der Waals surface area (Å²) in [7, 11) is 1.35. The van der Waals surface area contributed by atoms with E-state index in [1.54, 1.807) is 32.0 Å². The van der Waals surface area contributed by atoms with Crippen LogP contribution in [0.25, 0.3) is 0 Å². The lowest BCUT2D eigenvalue weighted by Gasteiger charge is -2.40. The van der Waals surface area contributed by atoms with Gasteiger partial charge in [0.2, 0.25) is 0 Å². The lowest BCUT2D eigenvalue weighted by Crippen LogP contribution is -2.51. The Morgan fingerprint density at radius 2 is 1.81 bits per heavy atom. The van der Waals surface area contributed by atoms with E-state index >= 15 is 0 Å². The lowest BCUT2D eigenvalue weighted by molar-refractivity contribution is -0.146. The summed E-state index contributed by atoms with van der Waals surface area (Å²) in [5, 5.41) is 0. The van der Waals surface area contributed by atoms with Crippen molar-refractivity contribution >= 4 is 28.9 Å². The molecule has 1 fully saturated rings. The number of esters is 1. The molecule has 170 valence electrons. The van der Waals surface area contributed by atoms with Gasteiger partial charge in [-0.25, -0.2) is 0 Å². The van der Waals surface area contributed by atoms with Crippen LogP contribution in [0.2, 0.25) is 0 Å². The Labute approximate surface area is 183 Å². The minimum atomic E-state index is -4.52. The highest BCUT2D eigenvalue weighted by atomic mass is 19.4. The van der Waals surface area contributed by atoms with E-state index in [-0.39, 0.29) is 35.1 Å². The van der Waals surface area contributed by atoms with E-state index in [0.717, 1.165) is 17.8 Å². The third-order valence-electron chi connectivity index (χ3n) is 5.72. The van der Waals surface area contributed by atoms with Gasteiger partial charge in [0.25, 0.3) is 5.91 Å². The Morgan fingerprint density at radius 1 is 1.12 bits per heavy atom. The maximum atomic E-state index is 13.3. The zero-order chi connectivity index (χ0) is 23.2. The lowest BCUT2D eigenvalue weighted by atomic mass is 9.98. The number of halogens is 3. The number of hydrogen-bond donors (Lipinski definition) is 0. The first-order valence-corrected chi connectivity index (χ1v) is 10.2. The Kier molecular flexibility index (Phi) is 5.52. The van der Waals surface area contributed by atoms with Crippen molar-refractivity contribution in [1.82, 2.24) is 0 Å². The van der Waals surface area contributed by atoms with Gasteiger partial charge in [-0.15, -0.1) is 0 Å². The maximum absolute atomic E-state index is 13.3. The summed E-state index contributed by atoms with van der Waals surface area (Å²) in [6.45, 7) is 4.55. The number of hydrogen-bond acceptors (Lipinski definition) is 5. The number of benzene rings is 2. The highest BCUT2D eigenvalue weighted by Gasteiger charge is 2.40. The molecule has 0 N–H and O–H groups in total. The van der Waals surface area contributed by atoms with Crippen LogP contribution in [0, 0.1) is 11.8 Å². The summed E-state index contributed by atoms with van der Waals surface area (Å²) < 4.78 is 50.2. The molecule has 1 amide bonds. The SMILES string of the molecule is COC(=O)C1CN(c2cccc(N3C(=O)C(C(C)C)Oc4cc(C(F)(F)F)ccc43)c2)C1. The normalized spacial score (nSPS) is 18.8. The number of carbonyl (C=O) groups is 2. The van der Waals surface area contributed by atoms with Crippen molar-refractivity contribution in [2.24, 2.45) is 11.8 Å². The fourth-order valence-corrected chi connectivity index (χ4v) is 3.92. The number of ether oxygens (including phenoxy) is 2. The first-order chi connectivity index (χ1) is 15.1. The molecule has 2 aliphatic rings. The van der Waals surface area contributed by atoms with Crippen LogP contribution in [0.1, 0.15) is 19.4 Å². The quantitative estimate of drug-likeness (QED) is 0.649. The van der Waals surface area contributed by atoms with Crippen LogP contribution in [0.4, 0.5) is 30.2 Å². The van der Waals surface area contributed by atoms with E-state index < -0.39 is 17.8 Å². The smallest absolute Gasteiger partial charge is 0.416 e. The highest BCUT2D eigenvalue weighted by molar-refractivity contribution is 6.06. The Morgan fingerprint density at radius 3 is 2.44 bits per heavy atom. The molecule has 32 heavy (non-hydrogen) atoms. The first-order valence-electron chi connectivity index (χ1n) is 10.2. The summed E-state index contributed by atoms with van der Waals surface area (Å²) in [4.78, 5) is 28.3. The molecular formula is C23H23F3N2O4. The van der Waals surface area contributed by atoms with Crippen LogP contribution in [0.3, 0.4) is 0 Å². The van der Waals surface area contributed by atoms with E-state index in [2.05, 4.69) is 0 Å². The van der Waals surface area contributed by atoms with Gasteiger partial charge in [-0.05, 0) is 42.3 Å². The topological polar surface area (TPSA) is 59.1 Å². The monoisotopic (exact) mass is 448 g/mol. The summed E-state index contributed by atoms with van der Waals surface area (Å²) in [6.07, 6.45) is -5.44. The minimum Gasteiger partial charge on any atom is -0.478 e. The van der Waals surface area contributed by atoms with Gasteiger partial charge in [0.05, 0.1) is 30.0 Å². The van der Waals surface area contributed by atoms with Crippen molar-refractivity contribution in [3.63, 3.8) is 0 Å². The van der Waals surface area contributed by atoms with Gasteiger partial charge in [0, 0.05) is 18.8 Å². The molecule has 0 bridgehead atoms. The third kappa shape index (κ3) is 3.87. The first kappa shape index (κ1) is 22.0. The molecule has 0 saturated carbocycles. The van der Waals surface area contributed by atoms with Gasteiger partial charge >= 0.3 is 12.1 Å².